The van der Waals surface area contributed by atoms with Crippen LogP contribution in [0.5, 0.6) is 5.75 Å². The number of ether oxygens (including phenoxy) is 1. The smallest absolute Gasteiger partial charge is 0.241 e. The molecule has 1 unspecified atom stereocenters. The quantitative estimate of drug-likeness (QED) is 0.788. The molecule has 0 spiro atoms. The highest BCUT2D eigenvalue weighted by Gasteiger charge is 2.21. The monoisotopic (exact) mass is 381 g/mol. The Labute approximate surface area is 155 Å². The number of hydrogen-bond donors (Lipinski definition) is 1. The van der Waals surface area contributed by atoms with Crippen LogP contribution in [0.25, 0.3) is 0 Å². The van der Waals surface area contributed by atoms with E-state index in [4.69, 9.17) is 16.3 Å². The summed E-state index contributed by atoms with van der Waals surface area (Å²) in [5.74, 6) is 0.473. The van der Waals surface area contributed by atoms with E-state index in [-0.39, 0.29) is 16.0 Å². The Morgan fingerprint density at radius 1 is 1.08 bits per heavy atom. The maximum Gasteiger partial charge on any atom is 0.241 e. The Kier molecular flexibility index (Phi) is 6.14. The van der Waals surface area contributed by atoms with Crippen LogP contribution in [0, 0.1) is 20.8 Å². The van der Waals surface area contributed by atoms with Gasteiger partial charge in [-0.3, -0.25) is 0 Å². The summed E-state index contributed by atoms with van der Waals surface area (Å²) in [6.45, 7) is 10.2. The molecule has 25 heavy (non-hydrogen) atoms. The van der Waals surface area contributed by atoms with Crippen LogP contribution in [0.1, 0.15) is 42.1 Å². The van der Waals surface area contributed by atoms with Crippen molar-refractivity contribution in [2.45, 2.75) is 45.6 Å². The van der Waals surface area contributed by atoms with Crippen LogP contribution >= 0.6 is 11.6 Å². The van der Waals surface area contributed by atoms with Crippen molar-refractivity contribution in [2.24, 2.45) is 0 Å². The van der Waals surface area contributed by atoms with Crippen molar-refractivity contribution >= 4 is 21.6 Å². The van der Waals surface area contributed by atoms with Gasteiger partial charge in [0, 0.05) is 6.04 Å². The van der Waals surface area contributed by atoms with Gasteiger partial charge in [-0.25, -0.2) is 13.1 Å². The third kappa shape index (κ3) is 4.54. The van der Waals surface area contributed by atoms with Gasteiger partial charge in [-0.05, 0) is 75.1 Å². The number of hydrogen-bond acceptors (Lipinski definition) is 3. The summed E-state index contributed by atoms with van der Waals surface area (Å²) in [6, 6.07) is 8.24. The zero-order valence-electron chi connectivity index (χ0n) is 15.2. The minimum absolute atomic E-state index is 0.120. The molecule has 6 heteroatoms. The lowest BCUT2D eigenvalue weighted by molar-refractivity contribution is 0.340. The number of halogens is 1. The largest absolute Gasteiger partial charge is 0.492 e. The average Bonchev–Trinajstić information content (AvgIpc) is 2.52. The summed E-state index contributed by atoms with van der Waals surface area (Å²) in [6.07, 6.45) is 0. The molecule has 0 bridgehead atoms. The molecule has 2 aromatic carbocycles. The van der Waals surface area contributed by atoms with E-state index >= 15 is 0 Å². The first kappa shape index (κ1) is 19.8. The summed E-state index contributed by atoms with van der Waals surface area (Å²) in [7, 11) is -3.69. The Balaban J connectivity index is 2.29. The molecule has 0 aliphatic rings. The highest BCUT2D eigenvalue weighted by atomic mass is 35.5. The highest BCUT2D eigenvalue weighted by Crippen LogP contribution is 2.29. The summed E-state index contributed by atoms with van der Waals surface area (Å²) in [5, 5.41) is 0.278. The maximum absolute atomic E-state index is 12.7. The van der Waals surface area contributed by atoms with Gasteiger partial charge in [0.05, 0.1) is 16.5 Å². The van der Waals surface area contributed by atoms with Gasteiger partial charge in [-0.15, -0.1) is 0 Å². The molecule has 136 valence electrons. The van der Waals surface area contributed by atoms with Gasteiger partial charge in [-0.1, -0.05) is 23.7 Å². The van der Waals surface area contributed by atoms with E-state index in [1.54, 1.807) is 6.07 Å². The molecule has 1 N–H and O–H groups in total. The van der Waals surface area contributed by atoms with E-state index < -0.39 is 10.0 Å². The Bertz CT molecular complexity index is 878. The minimum atomic E-state index is -3.69. The second-order valence-corrected chi connectivity index (χ2v) is 8.28. The number of aryl methyl sites for hydroxylation is 3. The van der Waals surface area contributed by atoms with E-state index in [0.29, 0.717) is 12.4 Å². The van der Waals surface area contributed by atoms with E-state index in [1.807, 2.05) is 40.7 Å². The van der Waals surface area contributed by atoms with Crippen molar-refractivity contribution in [1.29, 1.82) is 0 Å². The summed E-state index contributed by atoms with van der Waals surface area (Å²) < 4.78 is 33.5. The molecule has 1 atom stereocenters. The van der Waals surface area contributed by atoms with Crippen molar-refractivity contribution in [3.8, 4) is 5.75 Å². The molecule has 2 rings (SSSR count). The molecule has 4 nitrogen and oxygen atoms in total. The van der Waals surface area contributed by atoms with Gasteiger partial charge in [0.2, 0.25) is 10.0 Å². The van der Waals surface area contributed by atoms with Crippen LogP contribution in [0.2, 0.25) is 5.02 Å². The van der Waals surface area contributed by atoms with Crippen molar-refractivity contribution in [3.63, 3.8) is 0 Å². The molecule has 0 saturated heterocycles. The van der Waals surface area contributed by atoms with Gasteiger partial charge in [-0.2, -0.15) is 0 Å². The van der Waals surface area contributed by atoms with E-state index in [1.165, 1.54) is 17.7 Å². The SMILES string of the molecule is CCOc1ccc(S(=O)(=O)NC(C)c2cc(C)c(C)cc2C)cc1Cl. The Hall–Kier alpha value is -1.56. The molecule has 0 amide bonds. The Morgan fingerprint density at radius 3 is 2.32 bits per heavy atom. The molecular weight excluding hydrogens is 358 g/mol. The molecule has 0 heterocycles. The van der Waals surface area contributed by atoms with Gasteiger partial charge < -0.3 is 4.74 Å². The lowest BCUT2D eigenvalue weighted by Gasteiger charge is -2.19. The van der Waals surface area contributed by atoms with E-state index in [9.17, 15) is 8.42 Å². The average molecular weight is 382 g/mol. The molecule has 0 aromatic heterocycles. The first-order chi connectivity index (χ1) is 11.7. The van der Waals surface area contributed by atoms with E-state index in [0.717, 1.165) is 16.7 Å². The predicted molar refractivity (Wildman–Crippen MR) is 102 cm³/mol. The van der Waals surface area contributed by atoms with Crippen LogP contribution in [-0.4, -0.2) is 15.0 Å². The number of nitrogens with one attached hydrogen (secondary N) is 1. The molecule has 0 aliphatic carbocycles. The lowest BCUT2D eigenvalue weighted by atomic mass is 9.97. The lowest BCUT2D eigenvalue weighted by Crippen LogP contribution is -2.27. The van der Waals surface area contributed by atoms with Crippen LogP contribution in [0.15, 0.2) is 35.2 Å². The minimum Gasteiger partial charge on any atom is -0.492 e. The zero-order valence-corrected chi connectivity index (χ0v) is 16.8. The Morgan fingerprint density at radius 2 is 1.72 bits per heavy atom. The third-order valence-electron chi connectivity index (χ3n) is 4.19. The normalized spacial score (nSPS) is 12.9. The molecule has 0 radical (unpaired) electrons. The van der Waals surface area contributed by atoms with Crippen LogP contribution < -0.4 is 9.46 Å². The predicted octanol–water partition coefficient (Wildman–Crippen LogP) is 4.70. The summed E-state index contributed by atoms with van der Waals surface area (Å²) in [5.41, 5.74) is 4.34. The first-order valence-electron chi connectivity index (χ1n) is 8.18. The first-order valence-corrected chi connectivity index (χ1v) is 10.0. The number of rotatable bonds is 6. The maximum atomic E-state index is 12.7. The van der Waals surface area contributed by atoms with Crippen LogP contribution in [0.3, 0.4) is 0 Å². The topological polar surface area (TPSA) is 55.4 Å². The van der Waals surface area contributed by atoms with Crippen LogP contribution in [-0.2, 0) is 10.0 Å². The zero-order chi connectivity index (χ0) is 18.8. The number of sulfonamides is 1. The fraction of sp³-hybridized carbons (Fsp3) is 0.368. The van der Waals surface area contributed by atoms with Gasteiger partial charge in [0.15, 0.2) is 0 Å². The van der Waals surface area contributed by atoms with Crippen molar-refractivity contribution in [2.75, 3.05) is 6.61 Å². The van der Waals surface area contributed by atoms with Gasteiger partial charge >= 0.3 is 0 Å². The molecule has 0 aliphatic heterocycles. The summed E-state index contributed by atoms with van der Waals surface area (Å²) >= 11 is 6.11. The number of benzene rings is 2. The second kappa shape index (κ2) is 7.77. The molecule has 0 saturated carbocycles. The van der Waals surface area contributed by atoms with Crippen molar-refractivity contribution < 1.29 is 13.2 Å². The molecule has 2 aromatic rings. The third-order valence-corrected chi connectivity index (χ3v) is 6.03. The summed E-state index contributed by atoms with van der Waals surface area (Å²) in [4.78, 5) is 0.120. The fourth-order valence-electron chi connectivity index (χ4n) is 2.73. The van der Waals surface area contributed by atoms with Gasteiger partial charge in [0.25, 0.3) is 0 Å². The molecular formula is C19H24ClNO3S. The molecule has 0 fully saturated rings. The van der Waals surface area contributed by atoms with Crippen molar-refractivity contribution in [3.05, 3.63) is 57.6 Å². The highest BCUT2D eigenvalue weighted by molar-refractivity contribution is 7.89. The second-order valence-electron chi connectivity index (χ2n) is 6.16. The fourth-order valence-corrected chi connectivity index (χ4v) is 4.28. The van der Waals surface area contributed by atoms with E-state index in [2.05, 4.69) is 10.8 Å². The van der Waals surface area contributed by atoms with Crippen molar-refractivity contribution in [1.82, 2.24) is 4.72 Å². The standard InChI is InChI=1S/C19H24ClNO3S/c1-6-24-19-8-7-16(11-18(19)20)25(22,23)21-15(5)17-10-13(3)12(2)9-14(17)4/h7-11,15,21H,6H2,1-5H3. The van der Waals surface area contributed by atoms with Crippen LogP contribution in [0.4, 0.5) is 0 Å². The van der Waals surface area contributed by atoms with Gasteiger partial charge in [0.1, 0.15) is 5.75 Å².